The number of phenols is 1. The van der Waals surface area contributed by atoms with E-state index in [4.69, 9.17) is 9.47 Å². The van der Waals surface area contributed by atoms with E-state index in [1.807, 2.05) is 0 Å². The molecule has 0 unspecified atom stereocenters. The van der Waals surface area contributed by atoms with Gasteiger partial charge in [-0.1, -0.05) is 6.07 Å². The molecule has 9 nitrogen and oxygen atoms in total. The number of nitrogens with zero attached hydrogens (tertiary/aromatic N) is 2. The molecule has 0 bridgehead atoms. The van der Waals surface area contributed by atoms with Crippen LogP contribution in [-0.2, 0) is 4.79 Å². The number of methoxy groups -OCH3 is 1. The van der Waals surface area contributed by atoms with Gasteiger partial charge in [-0.25, -0.2) is 5.43 Å². The Kier molecular flexibility index (Phi) is 7.35. The van der Waals surface area contributed by atoms with Crippen molar-refractivity contribution in [2.24, 2.45) is 5.10 Å². The van der Waals surface area contributed by atoms with Gasteiger partial charge in [0.25, 0.3) is 5.91 Å². The summed E-state index contributed by atoms with van der Waals surface area (Å²) in [5.41, 5.74) is 2.97. The molecule has 0 heterocycles. The summed E-state index contributed by atoms with van der Waals surface area (Å²) in [6.45, 7) is 1.23. The van der Waals surface area contributed by atoms with Crippen LogP contribution in [0.25, 0.3) is 0 Å². The minimum absolute atomic E-state index is 0.0214. The molecule has 0 radical (unpaired) electrons. The summed E-state index contributed by atoms with van der Waals surface area (Å²) < 4.78 is 11.4. The summed E-state index contributed by atoms with van der Waals surface area (Å²) in [5.74, 6) is -0.601. The van der Waals surface area contributed by atoms with Gasteiger partial charge in [-0.05, 0) is 56.5 Å². The van der Waals surface area contributed by atoms with Crippen molar-refractivity contribution in [3.63, 3.8) is 0 Å². The number of nitro groups is 1. The first-order valence-electron chi connectivity index (χ1n) is 7.69. The molecule has 2 aromatic carbocycles. The molecule has 0 fully saturated rings. The molecule has 0 spiro atoms. The van der Waals surface area contributed by atoms with Crippen molar-refractivity contribution in [2.45, 2.75) is 6.92 Å². The van der Waals surface area contributed by atoms with Crippen LogP contribution < -0.4 is 14.9 Å². The van der Waals surface area contributed by atoms with Crippen molar-refractivity contribution in [2.75, 3.05) is 13.7 Å². The number of ether oxygens (including phenoxy) is 2. The standard InChI is InChI=1S/C17H15Br2N3O6/c1-9-3-4-13(12(5-9)22(25)26)28-8-15(23)21-20-7-10-16(19)11(18)6-14(27-2)17(10)24/h3-7,24H,8H2,1-2H3,(H,21,23)/b20-7-. The van der Waals surface area contributed by atoms with E-state index in [2.05, 4.69) is 42.4 Å². The van der Waals surface area contributed by atoms with Crippen LogP contribution in [-0.4, -0.2) is 35.9 Å². The van der Waals surface area contributed by atoms with Crippen molar-refractivity contribution in [3.8, 4) is 17.2 Å². The van der Waals surface area contributed by atoms with Crippen molar-refractivity contribution >= 4 is 49.7 Å². The largest absolute Gasteiger partial charge is 0.504 e. The number of halogens is 2. The molecule has 0 aliphatic carbocycles. The third kappa shape index (κ3) is 5.20. The van der Waals surface area contributed by atoms with Gasteiger partial charge in [-0.2, -0.15) is 5.10 Å². The molecule has 28 heavy (non-hydrogen) atoms. The second kappa shape index (κ2) is 9.51. The summed E-state index contributed by atoms with van der Waals surface area (Å²) >= 11 is 6.60. The number of rotatable bonds is 7. The van der Waals surface area contributed by atoms with E-state index < -0.39 is 17.4 Å². The zero-order valence-corrected chi connectivity index (χ0v) is 17.9. The molecule has 0 aromatic heterocycles. The zero-order chi connectivity index (χ0) is 20.8. The molecule has 2 rings (SSSR count). The van der Waals surface area contributed by atoms with E-state index in [-0.39, 0.29) is 28.5 Å². The highest BCUT2D eigenvalue weighted by molar-refractivity contribution is 9.13. The molecule has 0 atom stereocenters. The zero-order valence-electron chi connectivity index (χ0n) is 14.7. The Morgan fingerprint density at radius 1 is 1.36 bits per heavy atom. The summed E-state index contributed by atoms with van der Waals surface area (Å²) in [6.07, 6.45) is 1.22. The van der Waals surface area contributed by atoms with Gasteiger partial charge in [-0.3, -0.25) is 14.9 Å². The quantitative estimate of drug-likeness (QED) is 0.329. The van der Waals surface area contributed by atoms with Gasteiger partial charge >= 0.3 is 5.69 Å². The number of nitrogens with one attached hydrogen (secondary N) is 1. The fraction of sp³-hybridized carbons (Fsp3) is 0.176. The Bertz CT molecular complexity index is 949. The Labute approximate surface area is 176 Å². The Morgan fingerprint density at radius 3 is 2.71 bits per heavy atom. The summed E-state index contributed by atoms with van der Waals surface area (Å²) in [4.78, 5) is 22.4. The average molecular weight is 517 g/mol. The van der Waals surface area contributed by atoms with E-state index in [1.165, 1.54) is 25.5 Å². The van der Waals surface area contributed by atoms with Crippen LogP contribution in [0.1, 0.15) is 11.1 Å². The molecular weight excluding hydrogens is 502 g/mol. The normalized spacial score (nSPS) is 10.7. The van der Waals surface area contributed by atoms with E-state index in [1.54, 1.807) is 19.1 Å². The first kappa shape index (κ1) is 21.6. The molecular formula is C17H15Br2N3O6. The number of nitro benzene ring substituents is 1. The highest BCUT2D eigenvalue weighted by Crippen LogP contribution is 2.39. The first-order chi connectivity index (χ1) is 13.2. The molecule has 1 amide bonds. The monoisotopic (exact) mass is 515 g/mol. The van der Waals surface area contributed by atoms with Crippen molar-refractivity contribution in [3.05, 3.63) is 54.5 Å². The van der Waals surface area contributed by atoms with Gasteiger partial charge in [-0.15, -0.1) is 0 Å². The van der Waals surface area contributed by atoms with Gasteiger partial charge in [0.05, 0.1) is 23.8 Å². The van der Waals surface area contributed by atoms with Crippen molar-refractivity contribution in [1.82, 2.24) is 5.43 Å². The van der Waals surface area contributed by atoms with E-state index in [9.17, 15) is 20.0 Å². The fourth-order valence-electron chi connectivity index (χ4n) is 2.12. The third-order valence-corrected chi connectivity index (χ3v) is 5.48. The number of aryl methyl sites for hydroxylation is 1. The molecule has 148 valence electrons. The highest BCUT2D eigenvalue weighted by atomic mass is 79.9. The van der Waals surface area contributed by atoms with Gasteiger partial charge in [0.1, 0.15) is 0 Å². The number of hydrazone groups is 1. The predicted molar refractivity (Wildman–Crippen MR) is 109 cm³/mol. The first-order valence-corrected chi connectivity index (χ1v) is 9.28. The van der Waals surface area contributed by atoms with Crippen LogP contribution in [0, 0.1) is 17.0 Å². The van der Waals surface area contributed by atoms with E-state index >= 15 is 0 Å². The third-order valence-electron chi connectivity index (χ3n) is 3.47. The number of carbonyl (C=O) groups is 1. The minimum Gasteiger partial charge on any atom is -0.504 e. The van der Waals surface area contributed by atoms with Crippen LogP contribution in [0.2, 0.25) is 0 Å². The van der Waals surface area contributed by atoms with Gasteiger partial charge in [0, 0.05) is 15.0 Å². The smallest absolute Gasteiger partial charge is 0.311 e. The lowest BCUT2D eigenvalue weighted by atomic mass is 10.2. The van der Waals surface area contributed by atoms with Crippen LogP contribution in [0.5, 0.6) is 17.2 Å². The lowest BCUT2D eigenvalue weighted by Crippen LogP contribution is -2.24. The molecule has 0 aliphatic heterocycles. The van der Waals surface area contributed by atoms with Gasteiger partial charge in [0.2, 0.25) is 0 Å². The summed E-state index contributed by atoms with van der Waals surface area (Å²) in [6, 6.07) is 5.98. The summed E-state index contributed by atoms with van der Waals surface area (Å²) in [5, 5.41) is 25.0. The maximum atomic E-state index is 11.9. The highest BCUT2D eigenvalue weighted by Gasteiger charge is 2.17. The molecule has 0 saturated carbocycles. The molecule has 2 N–H and O–H groups in total. The van der Waals surface area contributed by atoms with Crippen LogP contribution >= 0.6 is 31.9 Å². The fourth-order valence-corrected chi connectivity index (χ4v) is 2.95. The SMILES string of the molecule is COc1cc(Br)c(Br)c(/C=N\NC(=O)COc2ccc(C)cc2[N+](=O)[O-])c1O. The van der Waals surface area contributed by atoms with Gasteiger partial charge in [0.15, 0.2) is 23.9 Å². The number of hydrogen-bond donors (Lipinski definition) is 2. The molecule has 0 saturated heterocycles. The maximum absolute atomic E-state index is 11.9. The van der Waals surface area contributed by atoms with Crippen molar-refractivity contribution < 1.29 is 24.3 Å². The second-order valence-electron chi connectivity index (χ2n) is 5.45. The Morgan fingerprint density at radius 2 is 2.07 bits per heavy atom. The lowest BCUT2D eigenvalue weighted by molar-refractivity contribution is -0.385. The molecule has 0 aliphatic rings. The minimum atomic E-state index is -0.635. The number of amides is 1. The molecule has 2 aromatic rings. The number of carbonyl (C=O) groups excluding carboxylic acids is 1. The predicted octanol–water partition coefficient (Wildman–Crippen LogP) is 3.67. The molecule has 11 heteroatoms. The average Bonchev–Trinajstić information content (AvgIpc) is 2.66. The van der Waals surface area contributed by atoms with Crippen molar-refractivity contribution in [1.29, 1.82) is 0 Å². The maximum Gasteiger partial charge on any atom is 0.311 e. The van der Waals surface area contributed by atoms with E-state index in [0.717, 1.165) is 0 Å². The Hall–Kier alpha value is -2.66. The van der Waals surface area contributed by atoms with E-state index in [0.29, 0.717) is 14.5 Å². The van der Waals surface area contributed by atoms with Gasteiger partial charge < -0.3 is 14.6 Å². The topological polar surface area (TPSA) is 123 Å². The van der Waals surface area contributed by atoms with Crippen LogP contribution in [0.15, 0.2) is 38.3 Å². The van der Waals surface area contributed by atoms with Crippen LogP contribution in [0.4, 0.5) is 5.69 Å². The number of benzene rings is 2. The Balaban J connectivity index is 2.04. The number of hydrogen-bond acceptors (Lipinski definition) is 7. The second-order valence-corrected chi connectivity index (χ2v) is 7.09. The van der Waals surface area contributed by atoms with Crippen LogP contribution in [0.3, 0.4) is 0 Å². The summed E-state index contributed by atoms with van der Waals surface area (Å²) in [7, 11) is 1.40. The number of phenolic OH excluding ortho intramolecular Hbond substituents is 1. The lowest BCUT2D eigenvalue weighted by Gasteiger charge is -2.10. The number of aromatic hydroxyl groups is 1.